The summed E-state index contributed by atoms with van der Waals surface area (Å²) in [6.45, 7) is 19.6. The number of nitrogens with one attached hydrogen (secondary N) is 2. The number of nitrogens with zero attached hydrogens (tertiary/aromatic N) is 4. The standard InChI is InChI=1S/C22H42N6.HI/c1-9-23-21(24-15-22(6,7)28-12-10-11-16(2)14-28)25-17(3)13-20-18(4)26-27(8)19(20)5;/h16-17H,9-15H2,1-8H3,(H2,23,24,25);1H. The highest BCUT2D eigenvalue weighted by molar-refractivity contribution is 14.0. The lowest BCUT2D eigenvalue weighted by atomic mass is 9.94. The van der Waals surface area contributed by atoms with Crippen molar-refractivity contribution in [2.24, 2.45) is 18.0 Å². The highest BCUT2D eigenvalue weighted by Gasteiger charge is 2.30. The molecule has 1 aliphatic rings. The molecule has 0 aliphatic carbocycles. The van der Waals surface area contributed by atoms with Gasteiger partial charge in [0.15, 0.2) is 5.96 Å². The lowest BCUT2D eigenvalue weighted by Crippen LogP contribution is -2.51. The van der Waals surface area contributed by atoms with Crippen molar-refractivity contribution < 1.29 is 0 Å². The molecule has 1 fully saturated rings. The van der Waals surface area contributed by atoms with E-state index in [2.05, 4.69) is 69.1 Å². The zero-order valence-corrected chi connectivity index (χ0v) is 22.1. The lowest BCUT2D eigenvalue weighted by molar-refractivity contribution is 0.0774. The third-order valence-electron chi connectivity index (χ3n) is 6.03. The molecule has 2 atom stereocenters. The number of rotatable bonds is 7. The summed E-state index contributed by atoms with van der Waals surface area (Å²) in [5, 5.41) is 11.6. The molecular formula is C22H43IN6. The molecule has 2 unspecified atom stereocenters. The maximum absolute atomic E-state index is 4.95. The maximum Gasteiger partial charge on any atom is 0.191 e. The molecule has 29 heavy (non-hydrogen) atoms. The van der Waals surface area contributed by atoms with Gasteiger partial charge in [-0.15, -0.1) is 24.0 Å². The fourth-order valence-electron chi connectivity index (χ4n) is 4.14. The van der Waals surface area contributed by atoms with Gasteiger partial charge in [0.25, 0.3) is 0 Å². The molecule has 2 heterocycles. The van der Waals surface area contributed by atoms with Crippen molar-refractivity contribution >= 4 is 29.9 Å². The summed E-state index contributed by atoms with van der Waals surface area (Å²) in [5.74, 6) is 1.70. The minimum absolute atomic E-state index is 0. The molecule has 2 N–H and O–H groups in total. The lowest BCUT2D eigenvalue weighted by Gasteiger charge is -2.42. The molecule has 1 aliphatic heterocycles. The highest BCUT2D eigenvalue weighted by Crippen LogP contribution is 2.24. The molecular weight excluding hydrogens is 475 g/mol. The van der Waals surface area contributed by atoms with Gasteiger partial charge in [0.2, 0.25) is 0 Å². The topological polar surface area (TPSA) is 57.5 Å². The van der Waals surface area contributed by atoms with Crippen LogP contribution in [0, 0.1) is 19.8 Å². The van der Waals surface area contributed by atoms with E-state index < -0.39 is 0 Å². The maximum atomic E-state index is 4.95. The number of piperidine rings is 1. The van der Waals surface area contributed by atoms with Gasteiger partial charge in [-0.3, -0.25) is 14.6 Å². The van der Waals surface area contributed by atoms with Crippen LogP contribution in [0.1, 0.15) is 64.4 Å². The van der Waals surface area contributed by atoms with Crippen LogP contribution < -0.4 is 10.6 Å². The van der Waals surface area contributed by atoms with Crippen LogP contribution in [0.25, 0.3) is 0 Å². The van der Waals surface area contributed by atoms with E-state index >= 15 is 0 Å². The number of guanidine groups is 1. The van der Waals surface area contributed by atoms with Crippen molar-refractivity contribution in [2.75, 3.05) is 26.2 Å². The summed E-state index contributed by atoms with van der Waals surface area (Å²) < 4.78 is 1.97. The smallest absolute Gasteiger partial charge is 0.191 e. The molecule has 2 rings (SSSR count). The van der Waals surface area contributed by atoms with E-state index in [1.807, 2.05) is 11.7 Å². The van der Waals surface area contributed by atoms with E-state index in [-0.39, 0.29) is 35.6 Å². The molecule has 1 saturated heterocycles. The van der Waals surface area contributed by atoms with Crippen molar-refractivity contribution in [3.63, 3.8) is 0 Å². The minimum Gasteiger partial charge on any atom is -0.357 e. The zero-order chi connectivity index (χ0) is 20.9. The molecule has 7 heteroatoms. The first-order chi connectivity index (χ1) is 13.1. The van der Waals surface area contributed by atoms with E-state index in [1.165, 1.54) is 37.2 Å². The van der Waals surface area contributed by atoms with Crippen LogP contribution >= 0.6 is 24.0 Å². The van der Waals surface area contributed by atoms with Gasteiger partial charge in [-0.05, 0) is 78.8 Å². The molecule has 1 aromatic rings. The van der Waals surface area contributed by atoms with Gasteiger partial charge in [-0.2, -0.15) is 5.10 Å². The van der Waals surface area contributed by atoms with Crippen LogP contribution in [0.4, 0.5) is 0 Å². The van der Waals surface area contributed by atoms with Gasteiger partial charge in [0.05, 0.1) is 12.2 Å². The first-order valence-electron chi connectivity index (χ1n) is 10.9. The molecule has 0 bridgehead atoms. The molecule has 0 spiro atoms. The normalized spacial score (nSPS) is 19.6. The highest BCUT2D eigenvalue weighted by atomic mass is 127. The molecule has 0 aromatic carbocycles. The fourth-order valence-corrected chi connectivity index (χ4v) is 4.14. The van der Waals surface area contributed by atoms with Gasteiger partial charge >= 0.3 is 0 Å². The average Bonchev–Trinajstić information content (AvgIpc) is 2.86. The van der Waals surface area contributed by atoms with Gasteiger partial charge in [-0.25, -0.2) is 0 Å². The largest absolute Gasteiger partial charge is 0.357 e. The Bertz CT molecular complexity index is 667. The van der Waals surface area contributed by atoms with Crippen molar-refractivity contribution in [2.45, 2.75) is 79.3 Å². The summed E-state index contributed by atoms with van der Waals surface area (Å²) in [4.78, 5) is 7.56. The first kappa shape index (κ1) is 26.2. The third-order valence-corrected chi connectivity index (χ3v) is 6.03. The van der Waals surface area contributed by atoms with E-state index in [1.54, 1.807) is 0 Å². The fraction of sp³-hybridized carbons (Fsp3) is 0.818. The summed E-state index contributed by atoms with van der Waals surface area (Å²) >= 11 is 0. The van der Waals surface area contributed by atoms with E-state index in [0.717, 1.165) is 37.1 Å². The van der Waals surface area contributed by atoms with Crippen LogP contribution in [0.5, 0.6) is 0 Å². The van der Waals surface area contributed by atoms with Crippen LogP contribution in [0.15, 0.2) is 4.99 Å². The molecule has 0 radical (unpaired) electrons. The Morgan fingerprint density at radius 1 is 1.34 bits per heavy atom. The summed E-state index contributed by atoms with van der Waals surface area (Å²) in [6.07, 6.45) is 3.60. The zero-order valence-electron chi connectivity index (χ0n) is 19.8. The second-order valence-electron chi connectivity index (χ2n) is 9.22. The number of hydrogen-bond acceptors (Lipinski definition) is 3. The Kier molecular flexibility index (Phi) is 10.4. The number of aryl methyl sites for hydroxylation is 2. The van der Waals surface area contributed by atoms with Crippen LogP contribution in [-0.4, -0.2) is 58.4 Å². The number of aromatic nitrogens is 2. The predicted octanol–water partition coefficient (Wildman–Crippen LogP) is 3.65. The molecule has 168 valence electrons. The summed E-state index contributed by atoms with van der Waals surface area (Å²) in [6, 6.07) is 0.289. The SMILES string of the molecule is CCNC(=NCC(C)(C)N1CCCC(C)C1)NC(C)Cc1c(C)nn(C)c1C.I. The Morgan fingerprint density at radius 3 is 2.59 bits per heavy atom. The van der Waals surface area contributed by atoms with E-state index in [0.29, 0.717) is 0 Å². The number of aliphatic imine (C=N–C) groups is 1. The number of halogens is 1. The van der Waals surface area contributed by atoms with Crippen molar-refractivity contribution in [3.05, 3.63) is 17.0 Å². The summed E-state index contributed by atoms with van der Waals surface area (Å²) in [7, 11) is 2.01. The average molecular weight is 519 g/mol. The molecule has 6 nitrogen and oxygen atoms in total. The Labute approximate surface area is 195 Å². The van der Waals surface area contributed by atoms with Crippen molar-refractivity contribution in [1.29, 1.82) is 0 Å². The number of likely N-dealkylation sites (tertiary alicyclic amines) is 1. The predicted molar refractivity (Wildman–Crippen MR) is 134 cm³/mol. The number of hydrogen-bond donors (Lipinski definition) is 2. The van der Waals surface area contributed by atoms with E-state index in [9.17, 15) is 0 Å². The third kappa shape index (κ3) is 7.42. The Morgan fingerprint density at radius 2 is 2.03 bits per heavy atom. The molecule has 0 amide bonds. The monoisotopic (exact) mass is 518 g/mol. The molecule has 0 saturated carbocycles. The molecule has 1 aromatic heterocycles. The Balaban J connectivity index is 0.00000420. The summed E-state index contributed by atoms with van der Waals surface area (Å²) in [5.41, 5.74) is 3.78. The minimum atomic E-state index is 0. The van der Waals surface area contributed by atoms with Gasteiger partial charge < -0.3 is 10.6 Å². The van der Waals surface area contributed by atoms with Gasteiger partial charge in [-0.1, -0.05) is 6.92 Å². The van der Waals surface area contributed by atoms with Crippen molar-refractivity contribution in [1.82, 2.24) is 25.3 Å². The second kappa shape index (κ2) is 11.5. The van der Waals surface area contributed by atoms with Gasteiger partial charge in [0.1, 0.15) is 0 Å². The van der Waals surface area contributed by atoms with Crippen LogP contribution in [0.2, 0.25) is 0 Å². The van der Waals surface area contributed by atoms with Crippen molar-refractivity contribution in [3.8, 4) is 0 Å². The second-order valence-corrected chi connectivity index (χ2v) is 9.22. The van der Waals surface area contributed by atoms with Gasteiger partial charge in [0, 0.05) is 37.4 Å². The van der Waals surface area contributed by atoms with E-state index in [4.69, 9.17) is 4.99 Å². The van der Waals surface area contributed by atoms with Crippen LogP contribution in [-0.2, 0) is 13.5 Å². The van der Waals surface area contributed by atoms with Crippen LogP contribution in [0.3, 0.4) is 0 Å². The Hall–Kier alpha value is -0.830. The quantitative estimate of drug-likeness (QED) is 0.329. The first-order valence-corrected chi connectivity index (χ1v) is 10.9.